The lowest BCUT2D eigenvalue weighted by molar-refractivity contribution is 0.426. The van der Waals surface area contributed by atoms with Crippen LogP contribution >= 0.6 is 11.6 Å². The first kappa shape index (κ1) is 16.0. The Balaban J connectivity index is 2.41. The zero-order chi connectivity index (χ0) is 15.4. The molecule has 2 rings (SSSR count). The van der Waals surface area contributed by atoms with Crippen LogP contribution in [0.5, 0.6) is 0 Å². The summed E-state index contributed by atoms with van der Waals surface area (Å²) in [5.74, 6) is -0.892. The quantitative estimate of drug-likeness (QED) is 0.588. The molecule has 2 aromatic rings. The number of benzene rings is 2. The van der Waals surface area contributed by atoms with Crippen molar-refractivity contribution < 1.29 is 8.78 Å². The Hall–Kier alpha value is -1.41. The molecule has 112 valence electrons. The minimum Gasteiger partial charge on any atom is -0.207 e. The molecule has 0 aliphatic carbocycles. The monoisotopic (exact) mass is 308 g/mol. The van der Waals surface area contributed by atoms with Crippen LogP contribution in [0.25, 0.3) is 0 Å². The molecule has 0 aliphatic rings. The summed E-state index contributed by atoms with van der Waals surface area (Å²) >= 11 is 6.58. The van der Waals surface area contributed by atoms with Gasteiger partial charge >= 0.3 is 0 Å². The molecule has 0 bridgehead atoms. The first-order valence-corrected chi connectivity index (χ1v) is 7.62. The van der Waals surface area contributed by atoms with Crippen LogP contribution in [0.1, 0.15) is 42.7 Å². The standard InChI is InChI=1S/C18H19ClF2/c1-3-12(2)17(13-7-5-4-6-8-13)18(19)15-10-9-14(20)11-16(15)21/h4-12,17-18H,3H2,1-2H3. The van der Waals surface area contributed by atoms with Gasteiger partial charge in [-0.1, -0.05) is 56.7 Å². The minimum absolute atomic E-state index is 0.0159. The van der Waals surface area contributed by atoms with Crippen LogP contribution in [-0.4, -0.2) is 0 Å². The van der Waals surface area contributed by atoms with Gasteiger partial charge < -0.3 is 0 Å². The summed E-state index contributed by atoms with van der Waals surface area (Å²) in [6.07, 6.45) is 0.936. The number of hydrogen-bond acceptors (Lipinski definition) is 0. The largest absolute Gasteiger partial charge is 0.207 e. The van der Waals surface area contributed by atoms with E-state index in [0.717, 1.165) is 18.1 Å². The molecule has 0 saturated carbocycles. The van der Waals surface area contributed by atoms with E-state index in [0.29, 0.717) is 11.5 Å². The maximum atomic E-state index is 14.0. The minimum atomic E-state index is -0.584. The van der Waals surface area contributed by atoms with E-state index in [9.17, 15) is 8.78 Å². The maximum Gasteiger partial charge on any atom is 0.130 e. The molecule has 3 heteroatoms. The molecule has 0 aromatic heterocycles. The van der Waals surface area contributed by atoms with Crippen LogP contribution < -0.4 is 0 Å². The van der Waals surface area contributed by atoms with E-state index in [1.165, 1.54) is 12.1 Å². The lowest BCUT2D eigenvalue weighted by Gasteiger charge is -2.28. The van der Waals surface area contributed by atoms with E-state index in [-0.39, 0.29) is 5.92 Å². The Labute approximate surface area is 129 Å². The highest BCUT2D eigenvalue weighted by Crippen LogP contribution is 2.43. The van der Waals surface area contributed by atoms with Gasteiger partial charge in [0.25, 0.3) is 0 Å². The predicted octanol–water partition coefficient (Wildman–Crippen LogP) is 6.07. The summed E-state index contributed by atoms with van der Waals surface area (Å²) in [5, 5.41) is -0.525. The summed E-state index contributed by atoms with van der Waals surface area (Å²) in [7, 11) is 0. The molecular formula is C18H19ClF2. The van der Waals surface area contributed by atoms with Gasteiger partial charge in [0.1, 0.15) is 11.6 Å². The summed E-state index contributed by atoms with van der Waals surface area (Å²) < 4.78 is 27.1. The fraction of sp³-hybridized carbons (Fsp3) is 0.333. The number of halogens is 3. The molecule has 0 radical (unpaired) electrons. The predicted molar refractivity (Wildman–Crippen MR) is 83.6 cm³/mol. The number of rotatable bonds is 5. The van der Waals surface area contributed by atoms with Crippen molar-refractivity contribution in [2.24, 2.45) is 5.92 Å². The number of hydrogen-bond donors (Lipinski definition) is 0. The van der Waals surface area contributed by atoms with Gasteiger partial charge in [-0.05, 0) is 17.5 Å². The zero-order valence-electron chi connectivity index (χ0n) is 12.2. The van der Waals surface area contributed by atoms with Crippen molar-refractivity contribution in [3.8, 4) is 0 Å². The molecule has 3 atom stereocenters. The van der Waals surface area contributed by atoms with Crippen molar-refractivity contribution in [1.29, 1.82) is 0 Å². The Morgan fingerprint density at radius 3 is 2.29 bits per heavy atom. The van der Waals surface area contributed by atoms with Crippen molar-refractivity contribution in [3.05, 3.63) is 71.3 Å². The van der Waals surface area contributed by atoms with Gasteiger partial charge in [0.05, 0.1) is 5.38 Å². The van der Waals surface area contributed by atoms with E-state index in [4.69, 9.17) is 11.6 Å². The topological polar surface area (TPSA) is 0 Å². The average Bonchev–Trinajstić information content (AvgIpc) is 2.48. The van der Waals surface area contributed by atoms with Crippen LogP contribution in [-0.2, 0) is 0 Å². The molecule has 0 N–H and O–H groups in total. The highest BCUT2D eigenvalue weighted by Gasteiger charge is 2.29. The second-order valence-corrected chi connectivity index (χ2v) is 5.86. The molecule has 21 heavy (non-hydrogen) atoms. The highest BCUT2D eigenvalue weighted by molar-refractivity contribution is 6.21. The maximum absolute atomic E-state index is 14.0. The molecule has 0 nitrogen and oxygen atoms in total. The van der Waals surface area contributed by atoms with Crippen LogP contribution in [0.15, 0.2) is 48.5 Å². The van der Waals surface area contributed by atoms with Gasteiger partial charge in [0, 0.05) is 17.5 Å². The molecule has 0 fully saturated rings. The van der Waals surface area contributed by atoms with E-state index < -0.39 is 17.0 Å². The molecule has 0 heterocycles. The Bertz CT molecular complexity index is 583. The molecular weight excluding hydrogens is 290 g/mol. The first-order valence-electron chi connectivity index (χ1n) is 7.18. The first-order chi connectivity index (χ1) is 10.0. The fourth-order valence-electron chi connectivity index (χ4n) is 2.63. The van der Waals surface area contributed by atoms with Gasteiger partial charge in [-0.15, -0.1) is 11.6 Å². The van der Waals surface area contributed by atoms with Gasteiger partial charge in [-0.25, -0.2) is 8.78 Å². The average molecular weight is 309 g/mol. The molecule has 0 amide bonds. The molecule has 0 saturated heterocycles. The van der Waals surface area contributed by atoms with Crippen LogP contribution in [0, 0.1) is 17.6 Å². The summed E-state index contributed by atoms with van der Waals surface area (Å²) in [5.41, 5.74) is 1.43. The SMILES string of the molecule is CCC(C)C(c1ccccc1)C(Cl)c1ccc(F)cc1F. The fourth-order valence-corrected chi connectivity index (χ4v) is 3.20. The van der Waals surface area contributed by atoms with Gasteiger partial charge in [0.15, 0.2) is 0 Å². The molecule has 0 aliphatic heterocycles. The van der Waals surface area contributed by atoms with Gasteiger partial charge in [-0.2, -0.15) is 0 Å². The highest BCUT2D eigenvalue weighted by atomic mass is 35.5. The van der Waals surface area contributed by atoms with Crippen LogP contribution in [0.4, 0.5) is 8.78 Å². The zero-order valence-corrected chi connectivity index (χ0v) is 12.9. The molecule has 0 spiro atoms. The third-order valence-electron chi connectivity index (χ3n) is 4.02. The van der Waals surface area contributed by atoms with E-state index in [1.807, 2.05) is 30.3 Å². The summed E-state index contributed by atoms with van der Waals surface area (Å²) in [6.45, 7) is 4.19. The van der Waals surface area contributed by atoms with E-state index >= 15 is 0 Å². The third-order valence-corrected chi connectivity index (χ3v) is 4.52. The van der Waals surface area contributed by atoms with E-state index in [2.05, 4.69) is 13.8 Å². The van der Waals surface area contributed by atoms with Crippen molar-refractivity contribution >= 4 is 11.6 Å². The Kier molecular flexibility index (Phi) is 5.35. The van der Waals surface area contributed by atoms with E-state index in [1.54, 1.807) is 0 Å². The van der Waals surface area contributed by atoms with Gasteiger partial charge in [-0.3, -0.25) is 0 Å². The van der Waals surface area contributed by atoms with Crippen molar-refractivity contribution in [3.63, 3.8) is 0 Å². The number of alkyl halides is 1. The smallest absolute Gasteiger partial charge is 0.130 e. The third kappa shape index (κ3) is 3.62. The second kappa shape index (κ2) is 7.04. The Morgan fingerprint density at radius 1 is 1.05 bits per heavy atom. The van der Waals surface area contributed by atoms with Crippen molar-refractivity contribution in [2.75, 3.05) is 0 Å². The van der Waals surface area contributed by atoms with Crippen molar-refractivity contribution in [2.45, 2.75) is 31.6 Å². The van der Waals surface area contributed by atoms with Crippen molar-refractivity contribution in [1.82, 2.24) is 0 Å². The normalized spacial score (nSPS) is 15.5. The second-order valence-electron chi connectivity index (χ2n) is 5.39. The van der Waals surface area contributed by atoms with Gasteiger partial charge in [0.2, 0.25) is 0 Å². The molecule has 2 aromatic carbocycles. The lowest BCUT2D eigenvalue weighted by atomic mass is 9.80. The summed E-state index contributed by atoms with van der Waals surface area (Å²) in [4.78, 5) is 0. The van der Waals surface area contributed by atoms with Crippen LogP contribution in [0.2, 0.25) is 0 Å². The Morgan fingerprint density at radius 2 is 1.71 bits per heavy atom. The summed E-state index contributed by atoms with van der Waals surface area (Å²) in [6, 6.07) is 13.5. The lowest BCUT2D eigenvalue weighted by Crippen LogP contribution is -2.16. The molecule has 3 unspecified atom stereocenters. The van der Waals surface area contributed by atoms with Crippen LogP contribution in [0.3, 0.4) is 0 Å².